The van der Waals surface area contributed by atoms with Crippen molar-refractivity contribution in [3.63, 3.8) is 0 Å². The Hall–Kier alpha value is -1.29. The summed E-state index contributed by atoms with van der Waals surface area (Å²) in [5.74, 6) is 2.41. The highest BCUT2D eigenvalue weighted by Gasteiger charge is 2.22. The number of pyridine rings is 1. The van der Waals surface area contributed by atoms with Crippen molar-refractivity contribution in [1.82, 2.24) is 4.98 Å². The van der Waals surface area contributed by atoms with E-state index in [0.717, 1.165) is 31.1 Å². The van der Waals surface area contributed by atoms with Crippen LogP contribution in [0.1, 0.15) is 13.3 Å². The minimum Gasteiger partial charge on any atom is -0.495 e. The Balaban J connectivity index is 2.10. The standard InChI is InChI=1S/C12H19N3O/c1-9-5-10(13)8-15(7-9)12-4-3-11(16-2)6-14-12/h3-4,6,9-10H,5,7-8,13H2,1-2H3. The van der Waals surface area contributed by atoms with E-state index in [1.807, 2.05) is 12.1 Å². The Kier molecular flexibility index (Phi) is 3.29. The Labute approximate surface area is 96.4 Å². The maximum Gasteiger partial charge on any atom is 0.137 e. The molecule has 2 atom stereocenters. The van der Waals surface area contributed by atoms with Crippen molar-refractivity contribution in [2.75, 3.05) is 25.1 Å². The van der Waals surface area contributed by atoms with Gasteiger partial charge >= 0.3 is 0 Å². The quantitative estimate of drug-likeness (QED) is 0.817. The molecule has 4 nitrogen and oxygen atoms in total. The number of nitrogens with two attached hydrogens (primary N) is 1. The maximum absolute atomic E-state index is 6.01. The van der Waals surface area contributed by atoms with Crippen LogP contribution in [0.4, 0.5) is 5.82 Å². The molecular weight excluding hydrogens is 202 g/mol. The van der Waals surface area contributed by atoms with E-state index in [4.69, 9.17) is 10.5 Å². The molecule has 1 aromatic heterocycles. The molecule has 4 heteroatoms. The third-order valence-electron chi connectivity index (χ3n) is 2.97. The molecule has 1 fully saturated rings. The molecule has 16 heavy (non-hydrogen) atoms. The molecule has 2 rings (SSSR count). The summed E-state index contributed by atoms with van der Waals surface area (Å²) in [5, 5.41) is 0. The van der Waals surface area contributed by atoms with Crippen LogP contribution in [0.15, 0.2) is 18.3 Å². The van der Waals surface area contributed by atoms with Crippen molar-refractivity contribution in [3.8, 4) is 5.75 Å². The van der Waals surface area contributed by atoms with Gasteiger partial charge in [-0.3, -0.25) is 0 Å². The second-order valence-corrected chi connectivity index (χ2v) is 4.56. The first-order chi connectivity index (χ1) is 7.69. The molecule has 1 saturated heterocycles. The molecule has 0 saturated carbocycles. The second kappa shape index (κ2) is 4.70. The number of anilines is 1. The fraction of sp³-hybridized carbons (Fsp3) is 0.583. The van der Waals surface area contributed by atoms with E-state index in [2.05, 4.69) is 16.8 Å². The van der Waals surface area contributed by atoms with Crippen molar-refractivity contribution in [2.45, 2.75) is 19.4 Å². The highest BCUT2D eigenvalue weighted by molar-refractivity contribution is 5.41. The minimum absolute atomic E-state index is 0.257. The number of methoxy groups -OCH3 is 1. The Morgan fingerprint density at radius 1 is 1.44 bits per heavy atom. The number of ether oxygens (including phenoxy) is 1. The molecule has 88 valence electrons. The fourth-order valence-electron chi connectivity index (χ4n) is 2.27. The maximum atomic E-state index is 6.01. The van der Waals surface area contributed by atoms with E-state index in [-0.39, 0.29) is 6.04 Å². The van der Waals surface area contributed by atoms with Crippen LogP contribution in [-0.2, 0) is 0 Å². The van der Waals surface area contributed by atoms with Crippen LogP contribution in [0.5, 0.6) is 5.75 Å². The van der Waals surface area contributed by atoms with Gasteiger partial charge in [-0.2, -0.15) is 0 Å². The third kappa shape index (κ3) is 2.44. The van der Waals surface area contributed by atoms with E-state index in [9.17, 15) is 0 Å². The highest BCUT2D eigenvalue weighted by atomic mass is 16.5. The van der Waals surface area contributed by atoms with Crippen LogP contribution in [-0.4, -0.2) is 31.2 Å². The summed E-state index contributed by atoms with van der Waals surface area (Å²) in [5.41, 5.74) is 6.01. The van der Waals surface area contributed by atoms with Crippen LogP contribution in [0, 0.1) is 5.92 Å². The molecular formula is C12H19N3O. The van der Waals surface area contributed by atoms with Gasteiger partial charge in [0.25, 0.3) is 0 Å². The van der Waals surface area contributed by atoms with Crippen molar-refractivity contribution < 1.29 is 4.74 Å². The SMILES string of the molecule is COc1ccc(N2CC(C)CC(N)C2)nc1. The van der Waals surface area contributed by atoms with Gasteiger partial charge in [-0.1, -0.05) is 6.92 Å². The lowest BCUT2D eigenvalue weighted by molar-refractivity contribution is 0.398. The average Bonchev–Trinajstić information content (AvgIpc) is 2.28. The Bertz CT molecular complexity index is 329. The summed E-state index contributed by atoms with van der Waals surface area (Å²) < 4.78 is 5.09. The van der Waals surface area contributed by atoms with Gasteiger partial charge in [0.2, 0.25) is 0 Å². The number of rotatable bonds is 2. The zero-order valence-corrected chi connectivity index (χ0v) is 9.89. The van der Waals surface area contributed by atoms with Crippen LogP contribution in [0.25, 0.3) is 0 Å². The van der Waals surface area contributed by atoms with E-state index in [0.29, 0.717) is 5.92 Å². The minimum atomic E-state index is 0.257. The molecule has 0 aliphatic carbocycles. The Morgan fingerprint density at radius 2 is 2.25 bits per heavy atom. The lowest BCUT2D eigenvalue weighted by Crippen LogP contribution is -2.46. The van der Waals surface area contributed by atoms with Crippen molar-refractivity contribution in [3.05, 3.63) is 18.3 Å². The molecule has 0 radical (unpaired) electrons. The fourth-order valence-corrected chi connectivity index (χ4v) is 2.27. The summed E-state index contributed by atoms with van der Waals surface area (Å²) in [6, 6.07) is 4.18. The number of piperidine rings is 1. The smallest absolute Gasteiger partial charge is 0.137 e. The molecule has 1 aliphatic heterocycles. The monoisotopic (exact) mass is 221 g/mol. The first kappa shape index (κ1) is 11.2. The molecule has 0 bridgehead atoms. The number of nitrogens with zero attached hydrogens (tertiary/aromatic N) is 2. The summed E-state index contributed by atoms with van der Waals surface area (Å²) >= 11 is 0. The molecule has 1 aromatic rings. The molecule has 2 N–H and O–H groups in total. The van der Waals surface area contributed by atoms with Crippen LogP contribution in [0.3, 0.4) is 0 Å². The van der Waals surface area contributed by atoms with Gasteiger partial charge in [0.05, 0.1) is 13.3 Å². The first-order valence-electron chi connectivity index (χ1n) is 5.69. The predicted molar refractivity (Wildman–Crippen MR) is 64.8 cm³/mol. The zero-order chi connectivity index (χ0) is 11.5. The van der Waals surface area contributed by atoms with Gasteiger partial charge in [-0.05, 0) is 24.5 Å². The van der Waals surface area contributed by atoms with Crippen LogP contribution < -0.4 is 15.4 Å². The van der Waals surface area contributed by atoms with E-state index < -0.39 is 0 Å². The summed E-state index contributed by atoms with van der Waals surface area (Å²) in [7, 11) is 1.65. The van der Waals surface area contributed by atoms with Gasteiger partial charge in [0, 0.05) is 19.1 Å². The van der Waals surface area contributed by atoms with E-state index in [1.54, 1.807) is 13.3 Å². The Morgan fingerprint density at radius 3 is 2.81 bits per heavy atom. The first-order valence-corrected chi connectivity index (χ1v) is 5.69. The highest BCUT2D eigenvalue weighted by Crippen LogP contribution is 2.22. The zero-order valence-electron chi connectivity index (χ0n) is 9.89. The molecule has 2 unspecified atom stereocenters. The second-order valence-electron chi connectivity index (χ2n) is 4.56. The van der Waals surface area contributed by atoms with Gasteiger partial charge in [-0.15, -0.1) is 0 Å². The lowest BCUT2D eigenvalue weighted by Gasteiger charge is -2.35. The average molecular weight is 221 g/mol. The normalized spacial score (nSPS) is 25.6. The summed E-state index contributed by atoms with van der Waals surface area (Å²) in [6.07, 6.45) is 2.85. The van der Waals surface area contributed by atoms with Crippen molar-refractivity contribution in [1.29, 1.82) is 0 Å². The number of aromatic nitrogens is 1. The summed E-state index contributed by atoms with van der Waals surface area (Å²) in [6.45, 7) is 4.16. The molecule has 1 aliphatic rings. The van der Waals surface area contributed by atoms with Gasteiger partial charge in [-0.25, -0.2) is 4.98 Å². The molecule has 0 amide bonds. The van der Waals surface area contributed by atoms with E-state index >= 15 is 0 Å². The van der Waals surface area contributed by atoms with Gasteiger partial charge in [0.1, 0.15) is 11.6 Å². The molecule has 2 heterocycles. The third-order valence-corrected chi connectivity index (χ3v) is 2.97. The van der Waals surface area contributed by atoms with Crippen molar-refractivity contribution >= 4 is 5.82 Å². The predicted octanol–water partition coefficient (Wildman–Crippen LogP) is 1.26. The summed E-state index contributed by atoms with van der Waals surface area (Å²) in [4.78, 5) is 6.64. The van der Waals surface area contributed by atoms with Crippen LogP contribution in [0.2, 0.25) is 0 Å². The number of hydrogen-bond donors (Lipinski definition) is 1. The molecule has 0 aromatic carbocycles. The van der Waals surface area contributed by atoms with Gasteiger partial charge in [0.15, 0.2) is 0 Å². The largest absolute Gasteiger partial charge is 0.495 e. The number of hydrogen-bond acceptors (Lipinski definition) is 4. The molecule has 0 spiro atoms. The topological polar surface area (TPSA) is 51.4 Å². The van der Waals surface area contributed by atoms with E-state index in [1.165, 1.54) is 0 Å². The van der Waals surface area contributed by atoms with Crippen LogP contribution >= 0.6 is 0 Å². The lowest BCUT2D eigenvalue weighted by atomic mass is 9.97. The van der Waals surface area contributed by atoms with Crippen molar-refractivity contribution in [2.24, 2.45) is 11.7 Å². The van der Waals surface area contributed by atoms with Gasteiger partial charge < -0.3 is 15.4 Å².